The quantitative estimate of drug-likeness (QED) is 0.731. The van der Waals surface area contributed by atoms with E-state index in [4.69, 9.17) is 9.72 Å². The Morgan fingerprint density at radius 3 is 2.89 bits per heavy atom. The molecule has 0 spiro atoms. The molecule has 0 bridgehead atoms. The Morgan fingerprint density at radius 1 is 1.37 bits per heavy atom. The Kier molecular flexibility index (Phi) is 6.11. The molecule has 27 heavy (non-hydrogen) atoms. The molecule has 7 nitrogen and oxygen atoms in total. The minimum Gasteiger partial charge on any atom is -0.368 e. The molecule has 1 aliphatic rings. The van der Waals surface area contributed by atoms with Crippen LogP contribution >= 0.6 is 0 Å². The third-order valence-corrected chi connectivity index (χ3v) is 4.86. The Bertz CT molecular complexity index is 822. The highest BCUT2D eigenvalue weighted by atomic mass is 16.5. The van der Waals surface area contributed by atoms with Crippen LogP contribution in [0.5, 0.6) is 0 Å². The second-order valence-corrected chi connectivity index (χ2v) is 7.33. The molecule has 1 aromatic carbocycles. The lowest BCUT2D eigenvalue weighted by Gasteiger charge is -2.10. The largest absolute Gasteiger partial charge is 0.368 e. The molecule has 2 heterocycles. The van der Waals surface area contributed by atoms with Gasteiger partial charge in [-0.25, -0.2) is 4.98 Å². The van der Waals surface area contributed by atoms with Gasteiger partial charge < -0.3 is 19.9 Å². The zero-order chi connectivity index (χ0) is 19.4. The predicted molar refractivity (Wildman–Crippen MR) is 104 cm³/mol. The monoisotopic (exact) mass is 372 g/mol. The van der Waals surface area contributed by atoms with Gasteiger partial charge in [-0.1, -0.05) is 13.8 Å². The summed E-state index contributed by atoms with van der Waals surface area (Å²) in [5.74, 6) is 0.879. The number of nitrogens with zero attached hydrogens (tertiary/aromatic N) is 2. The summed E-state index contributed by atoms with van der Waals surface area (Å²) >= 11 is 0. The summed E-state index contributed by atoms with van der Waals surface area (Å²) in [7, 11) is 1.99. The van der Waals surface area contributed by atoms with Gasteiger partial charge in [-0.05, 0) is 37.5 Å². The molecule has 2 N–H and O–H groups in total. The van der Waals surface area contributed by atoms with E-state index in [2.05, 4.69) is 15.2 Å². The van der Waals surface area contributed by atoms with Crippen LogP contribution in [-0.2, 0) is 27.8 Å². The highest BCUT2D eigenvalue weighted by Gasteiger charge is 2.22. The van der Waals surface area contributed by atoms with E-state index in [9.17, 15) is 9.59 Å². The van der Waals surface area contributed by atoms with E-state index in [0.717, 1.165) is 48.2 Å². The number of nitrogens with one attached hydrogen (secondary N) is 2. The molecule has 0 unspecified atom stereocenters. The first-order valence-corrected chi connectivity index (χ1v) is 9.61. The number of benzene rings is 1. The molecular weight excluding hydrogens is 344 g/mol. The van der Waals surface area contributed by atoms with Crippen LogP contribution in [0, 0.1) is 5.92 Å². The van der Waals surface area contributed by atoms with Crippen molar-refractivity contribution in [3.63, 3.8) is 0 Å². The molecule has 146 valence electrons. The van der Waals surface area contributed by atoms with Gasteiger partial charge in [-0.15, -0.1) is 0 Å². The number of rotatable bonds is 7. The molecule has 0 aliphatic carbocycles. The number of anilines is 1. The predicted octanol–water partition coefficient (Wildman–Crippen LogP) is 2.40. The highest BCUT2D eigenvalue weighted by Crippen LogP contribution is 2.21. The van der Waals surface area contributed by atoms with Crippen LogP contribution in [0.15, 0.2) is 18.2 Å². The van der Waals surface area contributed by atoms with E-state index in [0.29, 0.717) is 13.2 Å². The summed E-state index contributed by atoms with van der Waals surface area (Å²) in [4.78, 5) is 28.5. The molecule has 0 saturated carbocycles. The number of carbonyl (C=O) groups excluding carboxylic acids is 2. The van der Waals surface area contributed by atoms with Gasteiger partial charge in [0.1, 0.15) is 11.9 Å². The number of hydrogen-bond donors (Lipinski definition) is 2. The molecule has 2 aromatic rings. The summed E-state index contributed by atoms with van der Waals surface area (Å²) < 4.78 is 7.44. The van der Waals surface area contributed by atoms with Gasteiger partial charge in [0.25, 0.3) is 0 Å². The van der Waals surface area contributed by atoms with Gasteiger partial charge in [0, 0.05) is 38.2 Å². The molecule has 1 atom stereocenters. The number of carbonyl (C=O) groups is 2. The van der Waals surface area contributed by atoms with Gasteiger partial charge in [0.05, 0.1) is 11.0 Å². The molecule has 3 rings (SSSR count). The lowest BCUT2D eigenvalue weighted by atomic mass is 10.2. The number of fused-ring (bicyclic) bond motifs is 1. The Balaban J connectivity index is 1.57. The summed E-state index contributed by atoms with van der Waals surface area (Å²) in [5, 5.41) is 5.85. The minimum absolute atomic E-state index is 0.00696. The fourth-order valence-corrected chi connectivity index (χ4v) is 3.19. The van der Waals surface area contributed by atoms with Crippen LogP contribution in [0.1, 0.15) is 38.9 Å². The Labute approximate surface area is 159 Å². The summed E-state index contributed by atoms with van der Waals surface area (Å²) in [6, 6.07) is 5.77. The summed E-state index contributed by atoms with van der Waals surface area (Å²) in [5.41, 5.74) is 2.64. The summed E-state index contributed by atoms with van der Waals surface area (Å²) in [6.45, 7) is 5.02. The first-order valence-electron chi connectivity index (χ1n) is 9.61. The van der Waals surface area contributed by atoms with Crippen molar-refractivity contribution in [3.05, 3.63) is 24.0 Å². The minimum atomic E-state index is -0.278. The van der Waals surface area contributed by atoms with Crippen LogP contribution in [0.2, 0.25) is 0 Å². The lowest BCUT2D eigenvalue weighted by Crippen LogP contribution is -2.34. The van der Waals surface area contributed by atoms with Gasteiger partial charge in [-0.2, -0.15) is 0 Å². The van der Waals surface area contributed by atoms with Crippen molar-refractivity contribution in [1.29, 1.82) is 0 Å². The molecule has 1 aromatic heterocycles. The first-order chi connectivity index (χ1) is 13.0. The number of aryl methyl sites for hydroxylation is 2. The average molecular weight is 372 g/mol. The first kappa shape index (κ1) is 19.4. The lowest BCUT2D eigenvalue weighted by molar-refractivity contribution is -0.130. The average Bonchev–Trinajstić information content (AvgIpc) is 3.27. The molecule has 0 radical (unpaired) electrons. The maximum Gasteiger partial charge on any atom is 0.249 e. The van der Waals surface area contributed by atoms with E-state index >= 15 is 0 Å². The molecule has 1 saturated heterocycles. The van der Waals surface area contributed by atoms with Crippen molar-refractivity contribution in [2.24, 2.45) is 13.0 Å². The molecule has 7 heteroatoms. The molecule has 2 amide bonds. The van der Waals surface area contributed by atoms with E-state index in [1.807, 2.05) is 39.1 Å². The number of ether oxygens (including phenoxy) is 1. The van der Waals surface area contributed by atoms with Gasteiger partial charge in [0.2, 0.25) is 11.8 Å². The molecule has 1 fully saturated rings. The van der Waals surface area contributed by atoms with E-state index in [1.165, 1.54) is 0 Å². The van der Waals surface area contributed by atoms with Gasteiger partial charge in [0.15, 0.2) is 0 Å². The van der Waals surface area contributed by atoms with Crippen LogP contribution in [0.25, 0.3) is 11.0 Å². The Morgan fingerprint density at radius 2 is 2.19 bits per heavy atom. The third-order valence-electron chi connectivity index (χ3n) is 4.86. The topological polar surface area (TPSA) is 85.2 Å². The van der Waals surface area contributed by atoms with Crippen LogP contribution in [-0.4, -0.2) is 40.6 Å². The SMILES string of the molecule is CC(C)C(=O)Nc1ccc2c(c1)nc(CCCNC(=O)[C@@H]1CCCO1)n2C. The van der Waals surface area contributed by atoms with Gasteiger partial charge in [-0.3, -0.25) is 9.59 Å². The fraction of sp³-hybridized carbons (Fsp3) is 0.550. The van der Waals surface area contributed by atoms with Gasteiger partial charge >= 0.3 is 0 Å². The fourth-order valence-electron chi connectivity index (χ4n) is 3.19. The van der Waals surface area contributed by atoms with E-state index < -0.39 is 0 Å². The third kappa shape index (κ3) is 4.66. The van der Waals surface area contributed by atoms with Crippen LogP contribution in [0.3, 0.4) is 0 Å². The number of hydrogen-bond acceptors (Lipinski definition) is 4. The highest BCUT2D eigenvalue weighted by molar-refractivity contribution is 5.94. The zero-order valence-corrected chi connectivity index (χ0v) is 16.2. The molecular formula is C20H28N4O3. The maximum absolute atomic E-state index is 11.9. The number of imidazole rings is 1. The standard InChI is InChI=1S/C20H28N4O3/c1-13(2)19(25)22-14-8-9-16-15(12-14)23-18(24(16)3)7-4-10-21-20(26)17-6-5-11-27-17/h8-9,12-13,17H,4-7,10-11H2,1-3H3,(H,21,26)(H,22,25)/t17-/m0/s1. The van der Waals surface area contributed by atoms with Crippen molar-refractivity contribution in [2.75, 3.05) is 18.5 Å². The van der Waals surface area contributed by atoms with Crippen molar-refractivity contribution in [1.82, 2.24) is 14.9 Å². The van der Waals surface area contributed by atoms with Crippen molar-refractivity contribution >= 4 is 28.5 Å². The second kappa shape index (κ2) is 8.52. The smallest absolute Gasteiger partial charge is 0.249 e. The van der Waals surface area contributed by atoms with Crippen LogP contribution < -0.4 is 10.6 Å². The normalized spacial score (nSPS) is 16.8. The molecule has 1 aliphatic heterocycles. The zero-order valence-electron chi connectivity index (χ0n) is 16.2. The van der Waals surface area contributed by atoms with Crippen LogP contribution in [0.4, 0.5) is 5.69 Å². The summed E-state index contributed by atoms with van der Waals surface area (Å²) in [6.07, 6.45) is 3.07. The van der Waals surface area contributed by atoms with Crippen molar-refractivity contribution in [3.8, 4) is 0 Å². The number of amides is 2. The maximum atomic E-state index is 11.9. The second-order valence-electron chi connectivity index (χ2n) is 7.33. The Hall–Kier alpha value is -2.41. The van der Waals surface area contributed by atoms with Crippen molar-refractivity contribution < 1.29 is 14.3 Å². The number of aromatic nitrogens is 2. The van der Waals surface area contributed by atoms with Crippen molar-refractivity contribution in [2.45, 2.75) is 45.6 Å². The van der Waals surface area contributed by atoms with E-state index in [-0.39, 0.29) is 23.8 Å². The van der Waals surface area contributed by atoms with E-state index in [1.54, 1.807) is 0 Å².